The maximum absolute atomic E-state index is 12.8. The fourth-order valence-corrected chi connectivity index (χ4v) is 3.02. The predicted octanol–water partition coefficient (Wildman–Crippen LogP) is 3.06. The zero-order valence-electron chi connectivity index (χ0n) is 16.1. The zero-order chi connectivity index (χ0) is 20.1. The molecule has 0 unspecified atom stereocenters. The van der Waals surface area contributed by atoms with Gasteiger partial charge in [0.05, 0.1) is 25.9 Å². The highest BCUT2D eigenvalue weighted by Crippen LogP contribution is 2.29. The third-order valence-electron chi connectivity index (χ3n) is 4.55. The molecule has 1 aliphatic heterocycles. The molecule has 0 fully saturated rings. The molecule has 1 heterocycles. The second-order valence-electron chi connectivity index (χ2n) is 6.39. The topological polar surface area (TPSA) is 80.2 Å². The average Bonchev–Trinajstić information content (AvgIpc) is 2.74. The largest absolute Gasteiger partial charge is 0.497 e. The number of carbonyl (C=O) groups excluding carboxylic acids is 2. The summed E-state index contributed by atoms with van der Waals surface area (Å²) in [6, 6.07) is 14.2. The molecule has 7 heteroatoms. The molecule has 0 spiro atoms. The number of anilines is 1. The standard InChI is InChI=1S/C21H23N3O4/c1-14(17-13-16(27-2)9-11-19(17)28-3)22-21(26)18-10-12-20(25)24(23-18)15-7-5-4-6-8-15/h4-9,11,13-14H,10,12H2,1-3H3,(H,22,26)/t14-/m1/s1. The van der Waals surface area contributed by atoms with Gasteiger partial charge >= 0.3 is 0 Å². The van der Waals surface area contributed by atoms with Gasteiger partial charge in [-0.2, -0.15) is 5.10 Å². The van der Waals surface area contributed by atoms with Gasteiger partial charge in [0.25, 0.3) is 5.91 Å². The molecular formula is C21H23N3O4. The smallest absolute Gasteiger partial charge is 0.267 e. The van der Waals surface area contributed by atoms with Gasteiger partial charge in [-0.15, -0.1) is 0 Å². The molecular weight excluding hydrogens is 358 g/mol. The predicted molar refractivity (Wildman–Crippen MR) is 107 cm³/mol. The van der Waals surface area contributed by atoms with Gasteiger partial charge in [0.2, 0.25) is 5.91 Å². The van der Waals surface area contributed by atoms with Crippen LogP contribution in [-0.2, 0) is 9.59 Å². The SMILES string of the molecule is COc1ccc(OC)c([C@@H](C)NC(=O)C2=NN(c3ccccc3)C(=O)CC2)c1. The summed E-state index contributed by atoms with van der Waals surface area (Å²) in [5.41, 5.74) is 1.75. The van der Waals surface area contributed by atoms with Gasteiger partial charge in [0.1, 0.15) is 17.2 Å². The highest BCUT2D eigenvalue weighted by atomic mass is 16.5. The summed E-state index contributed by atoms with van der Waals surface area (Å²) in [5.74, 6) is 0.879. The van der Waals surface area contributed by atoms with E-state index in [0.29, 0.717) is 29.3 Å². The maximum Gasteiger partial charge on any atom is 0.267 e. The fourth-order valence-electron chi connectivity index (χ4n) is 3.02. The second kappa shape index (κ2) is 8.56. The molecule has 0 saturated heterocycles. The third-order valence-corrected chi connectivity index (χ3v) is 4.55. The Morgan fingerprint density at radius 1 is 1.11 bits per heavy atom. The highest BCUT2D eigenvalue weighted by molar-refractivity contribution is 6.40. The molecule has 146 valence electrons. The molecule has 0 saturated carbocycles. The number of amides is 2. The van der Waals surface area contributed by atoms with Crippen LogP contribution < -0.4 is 19.8 Å². The maximum atomic E-state index is 12.8. The van der Waals surface area contributed by atoms with Crippen molar-refractivity contribution in [1.29, 1.82) is 0 Å². The number of nitrogens with zero attached hydrogens (tertiary/aromatic N) is 2. The van der Waals surface area contributed by atoms with Crippen LogP contribution in [-0.4, -0.2) is 31.7 Å². The minimum absolute atomic E-state index is 0.134. The Bertz CT molecular complexity index is 896. The Morgan fingerprint density at radius 3 is 2.54 bits per heavy atom. The Kier molecular flexibility index (Phi) is 5.93. The molecule has 0 bridgehead atoms. The van der Waals surface area contributed by atoms with Crippen molar-refractivity contribution in [2.24, 2.45) is 5.10 Å². The van der Waals surface area contributed by atoms with Gasteiger partial charge in [0, 0.05) is 18.4 Å². The summed E-state index contributed by atoms with van der Waals surface area (Å²) < 4.78 is 10.7. The van der Waals surface area contributed by atoms with Crippen molar-refractivity contribution in [2.45, 2.75) is 25.8 Å². The van der Waals surface area contributed by atoms with Crippen molar-refractivity contribution in [3.05, 3.63) is 54.1 Å². The van der Waals surface area contributed by atoms with E-state index in [1.165, 1.54) is 5.01 Å². The number of hydrogen-bond donors (Lipinski definition) is 1. The first-order valence-corrected chi connectivity index (χ1v) is 9.01. The number of hydrazone groups is 1. The summed E-state index contributed by atoms with van der Waals surface area (Å²) in [6.45, 7) is 1.86. The Morgan fingerprint density at radius 2 is 1.86 bits per heavy atom. The molecule has 3 rings (SSSR count). The lowest BCUT2D eigenvalue weighted by atomic mass is 10.1. The van der Waals surface area contributed by atoms with E-state index in [-0.39, 0.29) is 24.3 Å². The van der Waals surface area contributed by atoms with E-state index in [4.69, 9.17) is 9.47 Å². The Labute approximate surface area is 163 Å². The van der Waals surface area contributed by atoms with Crippen LogP contribution in [0.15, 0.2) is 53.6 Å². The van der Waals surface area contributed by atoms with Crippen LogP contribution in [0.1, 0.15) is 31.4 Å². The van der Waals surface area contributed by atoms with E-state index >= 15 is 0 Å². The summed E-state index contributed by atoms with van der Waals surface area (Å²) in [6.07, 6.45) is 0.536. The highest BCUT2D eigenvalue weighted by Gasteiger charge is 2.26. The molecule has 1 atom stereocenters. The minimum Gasteiger partial charge on any atom is -0.497 e. The molecule has 1 aliphatic rings. The number of methoxy groups -OCH3 is 2. The van der Waals surface area contributed by atoms with E-state index in [9.17, 15) is 9.59 Å². The van der Waals surface area contributed by atoms with Crippen LogP contribution >= 0.6 is 0 Å². The van der Waals surface area contributed by atoms with Crippen LogP contribution in [0.5, 0.6) is 11.5 Å². The normalized spacial score (nSPS) is 14.9. The van der Waals surface area contributed by atoms with Crippen molar-refractivity contribution < 1.29 is 19.1 Å². The van der Waals surface area contributed by atoms with Gasteiger partial charge in [-0.05, 0) is 37.3 Å². The molecule has 1 N–H and O–H groups in total. The summed E-state index contributed by atoms with van der Waals surface area (Å²) >= 11 is 0. The number of benzene rings is 2. The summed E-state index contributed by atoms with van der Waals surface area (Å²) in [4.78, 5) is 25.0. The van der Waals surface area contributed by atoms with E-state index < -0.39 is 0 Å². The van der Waals surface area contributed by atoms with Crippen molar-refractivity contribution in [1.82, 2.24) is 5.32 Å². The zero-order valence-corrected chi connectivity index (χ0v) is 16.1. The van der Waals surface area contributed by atoms with Crippen LogP contribution in [0.3, 0.4) is 0 Å². The number of para-hydroxylation sites is 1. The second-order valence-corrected chi connectivity index (χ2v) is 6.39. The van der Waals surface area contributed by atoms with Crippen molar-refractivity contribution in [2.75, 3.05) is 19.2 Å². The Hall–Kier alpha value is -3.35. The molecule has 2 aromatic rings. The fraction of sp³-hybridized carbons (Fsp3) is 0.286. The van der Waals surface area contributed by atoms with Gasteiger partial charge in [-0.1, -0.05) is 18.2 Å². The van der Waals surface area contributed by atoms with Gasteiger partial charge in [0.15, 0.2) is 0 Å². The monoisotopic (exact) mass is 381 g/mol. The number of rotatable bonds is 6. The molecule has 28 heavy (non-hydrogen) atoms. The number of ether oxygens (including phenoxy) is 2. The van der Waals surface area contributed by atoms with E-state index in [2.05, 4.69) is 10.4 Å². The van der Waals surface area contributed by atoms with Gasteiger partial charge < -0.3 is 14.8 Å². The number of nitrogens with one attached hydrogen (secondary N) is 1. The quantitative estimate of drug-likeness (QED) is 0.834. The Balaban J connectivity index is 1.80. The van der Waals surface area contributed by atoms with Gasteiger partial charge in [-0.25, -0.2) is 5.01 Å². The first-order chi connectivity index (χ1) is 13.5. The van der Waals surface area contributed by atoms with E-state index in [0.717, 1.165) is 5.56 Å². The molecule has 0 aliphatic carbocycles. The van der Waals surface area contributed by atoms with Crippen LogP contribution in [0.2, 0.25) is 0 Å². The molecule has 2 amide bonds. The van der Waals surface area contributed by atoms with Crippen molar-refractivity contribution >= 4 is 23.2 Å². The average molecular weight is 381 g/mol. The van der Waals surface area contributed by atoms with E-state index in [1.54, 1.807) is 38.5 Å². The van der Waals surface area contributed by atoms with Crippen LogP contribution in [0.4, 0.5) is 5.69 Å². The third kappa shape index (κ3) is 4.14. The van der Waals surface area contributed by atoms with Crippen molar-refractivity contribution in [3.8, 4) is 11.5 Å². The molecule has 0 aromatic heterocycles. The lowest BCUT2D eigenvalue weighted by Crippen LogP contribution is -2.40. The minimum atomic E-state index is -0.331. The number of hydrogen-bond acceptors (Lipinski definition) is 5. The lowest BCUT2D eigenvalue weighted by Gasteiger charge is -2.24. The van der Waals surface area contributed by atoms with E-state index in [1.807, 2.05) is 31.2 Å². The van der Waals surface area contributed by atoms with Gasteiger partial charge in [-0.3, -0.25) is 9.59 Å². The van der Waals surface area contributed by atoms with Crippen LogP contribution in [0, 0.1) is 0 Å². The molecule has 2 aromatic carbocycles. The van der Waals surface area contributed by atoms with Crippen LogP contribution in [0.25, 0.3) is 0 Å². The number of carbonyl (C=O) groups is 2. The van der Waals surface area contributed by atoms with Crippen molar-refractivity contribution in [3.63, 3.8) is 0 Å². The first-order valence-electron chi connectivity index (χ1n) is 9.01. The lowest BCUT2D eigenvalue weighted by molar-refractivity contribution is -0.119. The summed E-state index contributed by atoms with van der Waals surface area (Å²) in [7, 11) is 3.16. The molecule has 0 radical (unpaired) electrons. The molecule has 7 nitrogen and oxygen atoms in total. The summed E-state index contributed by atoms with van der Waals surface area (Å²) in [5, 5.41) is 8.51. The first kappa shape index (κ1) is 19.4.